The van der Waals surface area contributed by atoms with Crippen molar-refractivity contribution in [3.63, 3.8) is 0 Å². The van der Waals surface area contributed by atoms with Gasteiger partial charge in [-0.1, -0.05) is 29.8 Å². The highest BCUT2D eigenvalue weighted by Crippen LogP contribution is 2.29. The predicted octanol–water partition coefficient (Wildman–Crippen LogP) is 4.43. The zero-order chi connectivity index (χ0) is 14.0. The molecular formula is C16H18ClNO. The maximum absolute atomic E-state index is 6.19. The summed E-state index contributed by atoms with van der Waals surface area (Å²) < 4.78 is 5.82. The first-order chi connectivity index (χ1) is 8.97. The second-order valence-electron chi connectivity index (χ2n) is 4.88. The standard InChI is InChI=1S/C16H18ClNO/c1-10-4-5-13(14(17)7-10)9-19-16-12(3)6-11(2)8-15(16)18/h4-8H,9,18H2,1-3H3. The Morgan fingerprint density at radius 1 is 1.05 bits per heavy atom. The van der Waals surface area contributed by atoms with Crippen molar-refractivity contribution < 1.29 is 4.74 Å². The second kappa shape index (κ2) is 5.54. The molecule has 2 nitrogen and oxygen atoms in total. The molecule has 0 amide bonds. The molecule has 0 bridgehead atoms. The highest BCUT2D eigenvalue weighted by Gasteiger charge is 2.07. The molecule has 3 heteroatoms. The number of aryl methyl sites for hydroxylation is 3. The molecule has 2 rings (SSSR count). The Bertz CT molecular complexity index is 585. The average Bonchev–Trinajstić information content (AvgIpc) is 2.30. The fraction of sp³-hybridized carbons (Fsp3) is 0.250. The zero-order valence-corrected chi connectivity index (χ0v) is 12.2. The number of nitrogen functional groups attached to an aromatic ring is 1. The van der Waals surface area contributed by atoms with E-state index in [4.69, 9.17) is 22.1 Å². The summed E-state index contributed by atoms with van der Waals surface area (Å²) in [6.45, 7) is 6.45. The van der Waals surface area contributed by atoms with E-state index in [2.05, 4.69) is 6.07 Å². The monoisotopic (exact) mass is 275 g/mol. The van der Waals surface area contributed by atoms with E-state index in [1.54, 1.807) is 0 Å². The molecule has 2 aromatic carbocycles. The Morgan fingerprint density at radius 2 is 1.79 bits per heavy atom. The highest BCUT2D eigenvalue weighted by molar-refractivity contribution is 6.31. The van der Waals surface area contributed by atoms with Crippen molar-refractivity contribution in [2.45, 2.75) is 27.4 Å². The summed E-state index contributed by atoms with van der Waals surface area (Å²) in [5.41, 5.74) is 10.9. The van der Waals surface area contributed by atoms with Crippen molar-refractivity contribution in [2.75, 3.05) is 5.73 Å². The van der Waals surface area contributed by atoms with Gasteiger partial charge < -0.3 is 10.5 Å². The molecule has 0 aliphatic carbocycles. The third-order valence-corrected chi connectivity index (χ3v) is 3.38. The molecule has 2 N–H and O–H groups in total. The van der Waals surface area contributed by atoms with Crippen LogP contribution >= 0.6 is 11.6 Å². The number of rotatable bonds is 3. The molecule has 0 saturated heterocycles. The van der Waals surface area contributed by atoms with Gasteiger partial charge in [0.25, 0.3) is 0 Å². The lowest BCUT2D eigenvalue weighted by Crippen LogP contribution is -2.02. The third-order valence-electron chi connectivity index (χ3n) is 3.03. The van der Waals surface area contributed by atoms with Crippen LogP contribution in [0.3, 0.4) is 0 Å². The number of benzene rings is 2. The van der Waals surface area contributed by atoms with Crippen LogP contribution in [0, 0.1) is 20.8 Å². The van der Waals surface area contributed by atoms with Gasteiger partial charge in [0.15, 0.2) is 0 Å². The van der Waals surface area contributed by atoms with Crippen molar-refractivity contribution in [1.29, 1.82) is 0 Å². The number of anilines is 1. The summed E-state index contributed by atoms with van der Waals surface area (Å²) in [7, 11) is 0. The van der Waals surface area contributed by atoms with E-state index in [1.165, 1.54) is 0 Å². The van der Waals surface area contributed by atoms with Gasteiger partial charge in [-0.15, -0.1) is 0 Å². The minimum absolute atomic E-state index is 0.424. The lowest BCUT2D eigenvalue weighted by atomic mass is 10.1. The van der Waals surface area contributed by atoms with E-state index < -0.39 is 0 Å². The van der Waals surface area contributed by atoms with E-state index in [-0.39, 0.29) is 0 Å². The van der Waals surface area contributed by atoms with Crippen molar-refractivity contribution in [3.05, 3.63) is 57.6 Å². The van der Waals surface area contributed by atoms with Crippen LogP contribution in [0.4, 0.5) is 5.69 Å². The second-order valence-corrected chi connectivity index (χ2v) is 5.29. The van der Waals surface area contributed by atoms with E-state index in [1.807, 2.05) is 45.0 Å². The molecule has 0 saturated carbocycles. The number of nitrogens with two attached hydrogens (primary N) is 1. The fourth-order valence-electron chi connectivity index (χ4n) is 2.10. The molecule has 0 fully saturated rings. The van der Waals surface area contributed by atoms with E-state index in [0.717, 1.165) is 33.0 Å². The van der Waals surface area contributed by atoms with Crippen LogP contribution in [0.25, 0.3) is 0 Å². The van der Waals surface area contributed by atoms with Gasteiger partial charge in [-0.05, 0) is 49.6 Å². The van der Waals surface area contributed by atoms with Gasteiger partial charge >= 0.3 is 0 Å². The van der Waals surface area contributed by atoms with E-state index in [0.29, 0.717) is 12.3 Å². The van der Waals surface area contributed by atoms with Crippen LogP contribution < -0.4 is 10.5 Å². The van der Waals surface area contributed by atoms with Gasteiger partial charge in [-0.2, -0.15) is 0 Å². The fourth-order valence-corrected chi connectivity index (χ4v) is 2.39. The van der Waals surface area contributed by atoms with Crippen LogP contribution in [0.15, 0.2) is 30.3 Å². The highest BCUT2D eigenvalue weighted by atomic mass is 35.5. The summed E-state index contributed by atoms with van der Waals surface area (Å²) in [5.74, 6) is 0.738. The van der Waals surface area contributed by atoms with E-state index in [9.17, 15) is 0 Å². The molecule has 0 aromatic heterocycles. The summed E-state index contributed by atoms with van der Waals surface area (Å²) in [5, 5.41) is 0.725. The predicted molar refractivity (Wildman–Crippen MR) is 80.8 cm³/mol. The van der Waals surface area contributed by atoms with Crippen LogP contribution in [0.1, 0.15) is 22.3 Å². The molecule has 0 spiro atoms. The normalized spacial score (nSPS) is 10.5. The average molecular weight is 276 g/mol. The van der Waals surface area contributed by atoms with Crippen LogP contribution in [0.2, 0.25) is 5.02 Å². The van der Waals surface area contributed by atoms with Crippen molar-refractivity contribution >= 4 is 17.3 Å². The Balaban J connectivity index is 2.19. The van der Waals surface area contributed by atoms with Gasteiger partial charge in [0.05, 0.1) is 5.69 Å². The van der Waals surface area contributed by atoms with Gasteiger partial charge in [-0.25, -0.2) is 0 Å². The summed E-state index contributed by atoms with van der Waals surface area (Å²) in [6, 6.07) is 9.92. The lowest BCUT2D eigenvalue weighted by Gasteiger charge is -2.13. The van der Waals surface area contributed by atoms with Gasteiger partial charge in [0.2, 0.25) is 0 Å². The number of ether oxygens (including phenoxy) is 1. The first-order valence-corrected chi connectivity index (χ1v) is 6.59. The molecule has 0 heterocycles. The zero-order valence-electron chi connectivity index (χ0n) is 11.5. The number of halogens is 1. The molecule has 19 heavy (non-hydrogen) atoms. The Hall–Kier alpha value is -1.67. The van der Waals surface area contributed by atoms with Crippen LogP contribution in [-0.2, 0) is 6.61 Å². The first-order valence-electron chi connectivity index (χ1n) is 6.22. The maximum Gasteiger partial charge on any atom is 0.145 e. The summed E-state index contributed by atoms with van der Waals surface area (Å²) >= 11 is 6.19. The van der Waals surface area contributed by atoms with Crippen molar-refractivity contribution in [3.8, 4) is 5.75 Å². The Labute approximate surface area is 119 Å². The minimum Gasteiger partial charge on any atom is -0.486 e. The minimum atomic E-state index is 0.424. The first kappa shape index (κ1) is 13.8. The Morgan fingerprint density at radius 3 is 2.42 bits per heavy atom. The van der Waals surface area contributed by atoms with E-state index >= 15 is 0 Å². The molecule has 0 aliphatic rings. The molecular weight excluding hydrogens is 258 g/mol. The van der Waals surface area contributed by atoms with Gasteiger partial charge in [0, 0.05) is 10.6 Å². The van der Waals surface area contributed by atoms with Crippen LogP contribution in [0.5, 0.6) is 5.75 Å². The van der Waals surface area contributed by atoms with Crippen molar-refractivity contribution in [2.24, 2.45) is 0 Å². The molecule has 0 radical (unpaired) electrons. The maximum atomic E-state index is 6.19. The quantitative estimate of drug-likeness (QED) is 0.841. The Kier molecular flexibility index (Phi) is 4.01. The van der Waals surface area contributed by atoms with Crippen molar-refractivity contribution in [1.82, 2.24) is 0 Å². The SMILES string of the molecule is Cc1cc(C)c(OCc2ccc(C)cc2Cl)c(N)c1. The summed E-state index contributed by atoms with van der Waals surface area (Å²) in [6.07, 6.45) is 0. The smallest absolute Gasteiger partial charge is 0.145 e. The molecule has 0 atom stereocenters. The molecule has 0 aliphatic heterocycles. The molecule has 100 valence electrons. The van der Waals surface area contributed by atoms with Gasteiger partial charge in [-0.3, -0.25) is 0 Å². The summed E-state index contributed by atoms with van der Waals surface area (Å²) in [4.78, 5) is 0. The number of hydrogen-bond acceptors (Lipinski definition) is 2. The molecule has 0 unspecified atom stereocenters. The topological polar surface area (TPSA) is 35.2 Å². The van der Waals surface area contributed by atoms with Crippen LogP contribution in [-0.4, -0.2) is 0 Å². The largest absolute Gasteiger partial charge is 0.486 e. The molecule has 2 aromatic rings. The lowest BCUT2D eigenvalue weighted by molar-refractivity contribution is 0.306. The number of hydrogen-bond donors (Lipinski definition) is 1. The van der Waals surface area contributed by atoms with Gasteiger partial charge in [0.1, 0.15) is 12.4 Å². The third kappa shape index (κ3) is 3.21.